The van der Waals surface area contributed by atoms with E-state index in [0.717, 1.165) is 33.7 Å². The molecule has 0 aliphatic carbocycles. The molecule has 3 aromatic carbocycles. The predicted molar refractivity (Wildman–Crippen MR) is 121 cm³/mol. The fourth-order valence-corrected chi connectivity index (χ4v) is 3.66. The van der Waals surface area contributed by atoms with Crippen LogP contribution in [0.2, 0.25) is 5.02 Å². The average molecular weight is 453 g/mol. The lowest BCUT2D eigenvalue weighted by atomic mass is 9.99. The van der Waals surface area contributed by atoms with Crippen LogP contribution in [0.5, 0.6) is 0 Å². The predicted octanol–water partition coefficient (Wildman–Crippen LogP) is 5.94. The molecule has 32 heavy (non-hydrogen) atoms. The number of aryl methyl sites for hydroxylation is 3. The second kappa shape index (κ2) is 8.20. The van der Waals surface area contributed by atoms with E-state index in [4.69, 9.17) is 11.6 Å². The molecule has 0 spiro atoms. The third kappa shape index (κ3) is 3.78. The number of hydrogen-bond donors (Lipinski definition) is 1. The second-order valence-electron chi connectivity index (χ2n) is 7.68. The summed E-state index contributed by atoms with van der Waals surface area (Å²) in [4.78, 5) is 27.6. The molecule has 0 saturated heterocycles. The zero-order chi connectivity index (χ0) is 23.2. The first kappa shape index (κ1) is 21.7. The van der Waals surface area contributed by atoms with E-state index in [9.17, 15) is 18.4 Å². The van der Waals surface area contributed by atoms with Gasteiger partial charge in [0.15, 0.2) is 11.6 Å². The first-order valence-corrected chi connectivity index (χ1v) is 10.2. The molecule has 4 rings (SSSR count). The fraction of sp³-hybridized carbons (Fsp3) is 0.120. The van der Waals surface area contributed by atoms with Crippen LogP contribution in [0.4, 0.5) is 20.2 Å². The Morgan fingerprint density at radius 2 is 1.50 bits per heavy atom. The summed E-state index contributed by atoms with van der Waals surface area (Å²) < 4.78 is 27.3. The lowest BCUT2D eigenvalue weighted by Gasteiger charge is -2.16. The lowest BCUT2D eigenvalue weighted by molar-refractivity contribution is -0.120. The number of nitrogens with one attached hydrogen (secondary N) is 1. The summed E-state index contributed by atoms with van der Waals surface area (Å²) in [5.74, 6) is -3.53. The maximum absolute atomic E-state index is 13.9. The van der Waals surface area contributed by atoms with Crippen LogP contribution >= 0.6 is 11.6 Å². The molecule has 162 valence electrons. The molecule has 3 aromatic rings. The molecule has 1 heterocycles. The summed E-state index contributed by atoms with van der Waals surface area (Å²) in [5, 5.41) is 3.51. The average Bonchev–Trinajstić information content (AvgIpc) is 2.99. The van der Waals surface area contributed by atoms with E-state index in [0.29, 0.717) is 16.3 Å². The number of benzene rings is 3. The zero-order valence-corrected chi connectivity index (χ0v) is 18.3. The van der Waals surface area contributed by atoms with Crippen molar-refractivity contribution in [1.82, 2.24) is 0 Å². The van der Waals surface area contributed by atoms with Gasteiger partial charge in [0.25, 0.3) is 11.8 Å². The molecule has 0 saturated carbocycles. The van der Waals surface area contributed by atoms with Gasteiger partial charge in [-0.3, -0.25) is 9.59 Å². The van der Waals surface area contributed by atoms with Crippen LogP contribution in [0, 0.1) is 32.4 Å². The summed E-state index contributed by atoms with van der Waals surface area (Å²) in [6.45, 7) is 5.69. The highest BCUT2D eigenvalue weighted by Gasteiger charge is 2.40. The van der Waals surface area contributed by atoms with E-state index >= 15 is 0 Å². The zero-order valence-electron chi connectivity index (χ0n) is 17.6. The van der Waals surface area contributed by atoms with E-state index in [2.05, 4.69) is 5.32 Å². The number of halogens is 3. The number of carbonyl (C=O) groups excluding carboxylic acids is 2. The van der Waals surface area contributed by atoms with Gasteiger partial charge < -0.3 is 5.32 Å². The number of carbonyl (C=O) groups is 2. The van der Waals surface area contributed by atoms with E-state index in [1.807, 2.05) is 32.9 Å². The maximum atomic E-state index is 13.9. The maximum Gasteiger partial charge on any atom is 0.282 e. The Balaban J connectivity index is 1.85. The van der Waals surface area contributed by atoms with Gasteiger partial charge in [-0.1, -0.05) is 35.9 Å². The molecule has 1 N–H and O–H groups in total. The monoisotopic (exact) mass is 452 g/mol. The smallest absolute Gasteiger partial charge is 0.282 e. The molecule has 1 aliphatic heterocycles. The van der Waals surface area contributed by atoms with E-state index in [-0.39, 0.29) is 17.0 Å². The molecular formula is C25H19ClF2N2O2. The molecule has 0 atom stereocenters. The van der Waals surface area contributed by atoms with Gasteiger partial charge >= 0.3 is 0 Å². The molecule has 1 aliphatic rings. The third-order valence-corrected chi connectivity index (χ3v) is 5.89. The summed E-state index contributed by atoms with van der Waals surface area (Å²) in [5.41, 5.74) is 4.00. The summed E-state index contributed by atoms with van der Waals surface area (Å²) in [6, 6.07) is 13.5. The summed E-state index contributed by atoms with van der Waals surface area (Å²) in [7, 11) is 0. The number of hydrogen-bond acceptors (Lipinski definition) is 3. The van der Waals surface area contributed by atoms with Crippen molar-refractivity contribution in [1.29, 1.82) is 0 Å². The van der Waals surface area contributed by atoms with Crippen molar-refractivity contribution in [2.24, 2.45) is 0 Å². The van der Waals surface area contributed by atoms with E-state index in [1.54, 1.807) is 24.3 Å². The van der Waals surface area contributed by atoms with Crippen molar-refractivity contribution in [3.8, 4) is 0 Å². The molecule has 0 bridgehead atoms. The Bertz CT molecular complexity index is 1320. The quantitative estimate of drug-likeness (QED) is 0.498. The van der Waals surface area contributed by atoms with Gasteiger partial charge in [0.1, 0.15) is 5.70 Å². The number of imide groups is 1. The van der Waals surface area contributed by atoms with Gasteiger partial charge in [0.05, 0.1) is 11.3 Å². The minimum absolute atomic E-state index is 0.0305. The van der Waals surface area contributed by atoms with Gasteiger partial charge in [-0.05, 0) is 67.3 Å². The molecule has 0 radical (unpaired) electrons. The van der Waals surface area contributed by atoms with E-state index < -0.39 is 23.4 Å². The Kier molecular flexibility index (Phi) is 5.57. The largest absolute Gasteiger partial charge is 0.350 e. The van der Waals surface area contributed by atoms with E-state index in [1.165, 1.54) is 6.07 Å². The number of nitrogens with zero attached hydrogens (tertiary/aromatic N) is 1. The first-order valence-electron chi connectivity index (χ1n) is 9.86. The minimum atomic E-state index is -1.15. The first-order chi connectivity index (χ1) is 15.2. The second-order valence-corrected chi connectivity index (χ2v) is 8.09. The van der Waals surface area contributed by atoms with Crippen LogP contribution in [0.3, 0.4) is 0 Å². The molecule has 0 unspecified atom stereocenters. The molecular weight excluding hydrogens is 434 g/mol. The van der Waals surface area contributed by atoms with Crippen molar-refractivity contribution in [3.05, 3.63) is 99.2 Å². The van der Waals surface area contributed by atoms with Crippen LogP contribution < -0.4 is 10.2 Å². The molecule has 4 nitrogen and oxygen atoms in total. The van der Waals surface area contributed by atoms with Crippen molar-refractivity contribution in [3.63, 3.8) is 0 Å². The minimum Gasteiger partial charge on any atom is -0.350 e. The topological polar surface area (TPSA) is 49.4 Å². The van der Waals surface area contributed by atoms with Gasteiger partial charge in [-0.25, -0.2) is 13.7 Å². The van der Waals surface area contributed by atoms with Crippen molar-refractivity contribution in [2.45, 2.75) is 20.8 Å². The number of rotatable bonds is 4. The van der Waals surface area contributed by atoms with Crippen molar-refractivity contribution >= 4 is 40.4 Å². The molecule has 7 heteroatoms. The highest BCUT2D eigenvalue weighted by molar-refractivity contribution is 6.46. The van der Waals surface area contributed by atoms with Crippen molar-refractivity contribution < 1.29 is 18.4 Å². The van der Waals surface area contributed by atoms with Gasteiger partial charge in [0, 0.05) is 16.8 Å². The highest BCUT2D eigenvalue weighted by atomic mass is 35.5. The van der Waals surface area contributed by atoms with Crippen LogP contribution in [0.1, 0.15) is 22.3 Å². The number of anilines is 2. The Morgan fingerprint density at radius 1 is 0.781 bits per heavy atom. The normalized spacial score (nSPS) is 13.9. The van der Waals surface area contributed by atoms with Gasteiger partial charge in [0.2, 0.25) is 0 Å². The Labute approximate surface area is 189 Å². The Morgan fingerprint density at radius 3 is 2.16 bits per heavy atom. The SMILES string of the molecule is Cc1ccc(C2=C(Nc3ccc(C)c(Cl)c3)C(=O)N(c3ccc(F)c(F)c3)C2=O)cc1C. The number of amides is 2. The third-order valence-electron chi connectivity index (χ3n) is 5.48. The van der Waals surface area contributed by atoms with Crippen LogP contribution in [0.15, 0.2) is 60.3 Å². The standard InChI is InChI=1S/C25H19ClF2N2O2/c1-13-4-6-16(10-15(13)3)22-23(29-17-7-5-14(2)19(26)11-17)25(32)30(24(22)31)18-8-9-20(27)21(28)12-18/h4-12,29H,1-3H3. The van der Waals surface area contributed by atoms with Crippen LogP contribution in [0.25, 0.3) is 5.57 Å². The molecule has 0 aromatic heterocycles. The van der Waals surface area contributed by atoms with Gasteiger partial charge in [-0.2, -0.15) is 0 Å². The van der Waals surface area contributed by atoms with Gasteiger partial charge in [-0.15, -0.1) is 0 Å². The van der Waals surface area contributed by atoms with Crippen molar-refractivity contribution in [2.75, 3.05) is 10.2 Å². The molecule has 0 fully saturated rings. The molecule has 2 amide bonds. The lowest BCUT2D eigenvalue weighted by Crippen LogP contribution is -2.32. The van der Waals surface area contributed by atoms with Crippen LogP contribution in [-0.4, -0.2) is 11.8 Å². The fourth-order valence-electron chi connectivity index (χ4n) is 3.48. The van der Waals surface area contributed by atoms with Crippen LogP contribution in [-0.2, 0) is 9.59 Å². The summed E-state index contributed by atoms with van der Waals surface area (Å²) in [6.07, 6.45) is 0. The highest BCUT2D eigenvalue weighted by Crippen LogP contribution is 2.35. The summed E-state index contributed by atoms with van der Waals surface area (Å²) >= 11 is 6.22. The Hall–Kier alpha value is -3.51.